The Labute approximate surface area is 121 Å². The first-order chi connectivity index (χ1) is 9.15. The van der Waals surface area contributed by atoms with Crippen molar-refractivity contribution in [1.82, 2.24) is 20.3 Å². The van der Waals surface area contributed by atoms with Crippen LogP contribution < -0.4 is 5.32 Å². The summed E-state index contributed by atoms with van der Waals surface area (Å²) < 4.78 is 2.62. The first-order valence-electron chi connectivity index (χ1n) is 6.53. The standard InChI is InChI=1S/C14H17BrN4/c1-9-3-4-10(8-16-11-5-6-11)12(7-9)13-14(15)17-18-19(13)2/h3-4,7,11,16H,5-6,8H2,1-2H3. The highest BCUT2D eigenvalue weighted by Gasteiger charge is 2.21. The molecule has 0 spiro atoms. The summed E-state index contributed by atoms with van der Waals surface area (Å²) in [6.45, 7) is 3.01. The van der Waals surface area contributed by atoms with Gasteiger partial charge >= 0.3 is 0 Å². The van der Waals surface area contributed by atoms with Crippen molar-refractivity contribution in [3.63, 3.8) is 0 Å². The van der Waals surface area contributed by atoms with Crippen LogP contribution in [-0.4, -0.2) is 21.0 Å². The fourth-order valence-corrected chi connectivity index (χ4v) is 2.77. The molecular weight excluding hydrogens is 304 g/mol. The molecule has 1 fully saturated rings. The second-order valence-corrected chi connectivity index (χ2v) is 5.92. The van der Waals surface area contributed by atoms with Crippen molar-refractivity contribution in [2.24, 2.45) is 7.05 Å². The minimum atomic E-state index is 0.710. The minimum Gasteiger partial charge on any atom is -0.310 e. The Kier molecular flexibility index (Phi) is 3.41. The van der Waals surface area contributed by atoms with Gasteiger partial charge in [0, 0.05) is 25.2 Å². The molecule has 1 N–H and O–H groups in total. The van der Waals surface area contributed by atoms with Gasteiger partial charge in [0.25, 0.3) is 0 Å². The summed E-state index contributed by atoms with van der Waals surface area (Å²) in [5.74, 6) is 0. The highest BCUT2D eigenvalue weighted by atomic mass is 79.9. The van der Waals surface area contributed by atoms with E-state index in [0.29, 0.717) is 6.04 Å². The van der Waals surface area contributed by atoms with Gasteiger partial charge < -0.3 is 5.32 Å². The molecule has 0 bridgehead atoms. The summed E-state index contributed by atoms with van der Waals surface area (Å²) in [6.07, 6.45) is 2.61. The van der Waals surface area contributed by atoms with E-state index in [-0.39, 0.29) is 0 Å². The van der Waals surface area contributed by atoms with Crippen LogP contribution in [0.1, 0.15) is 24.0 Å². The number of rotatable bonds is 4. The number of aromatic nitrogens is 3. The summed E-state index contributed by atoms with van der Waals surface area (Å²) >= 11 is 3.49. The molecule has 1 heterocycles. The van der Waals surface area contributed by atoms with Crippen molar-refractivity contribution in [2.75, 3.05) is 0 Å². The fraction of sp³-hybridized carbons (Fsp3) is 0.429. The molecule has 2 aromatic rings. The van der Waals surface area contributed by atoms with Crippen LogP contribution in [0.15, 0.2) is 22.8 Å². The number of benzene rings is 1. The molecule has 1 aromatic heterocycles. The third-order valence-electron chi connectivity index (χ3n) is 3.46. The summed E-state index contributed by atoms with van der Waals surface area (Å²) in [5.41, 5.74) is 4.78. The van der Waals surface area contributed by atoms with Crippen LogP contribution >= 0.6 is 15.9 Å². The molecule has 1 aromatic carbocycles. The molecule has 0 atom stereocenters. The molecule has 19 heavy (non-hydrogen) atoms. The van der Waals surface area contributed by atoms with Crippen molar-refractivity contribution >= 4 is 15.9 Å². The van der Waals surface area contributed by atoms with E-state index < -0.39 is 0 Å². The van der Waals surface area contributed by atoms with Crippen LogP contribution in [0.25, 0.3) is 11.3 Å². The predicted octanol–water partition coefficient (Wildman–Crippen LogP) is 2.81. The molecule has 3 rings (SSSR count). The maximum absolute atomic E-state index is 4.08. The van der Waals surface area contributed by atoms with Gasteiger partial charge in [-0.05, 0) is 47.3 Å². The van der Waals surface area contributed by atoms with Gasteiger partial charge in [-0.3, -0.25) is 0 Å². The van der Waals surface area contributed by atoms with Gasteiger partial charge in [0.2, 0.25) is 0 Å². The molecule has 0 radical (unpaired) electrons. The smallest absolute Gasteiger partial charge is 0.156 e. The van der Waals surface area contributed by atoms with Crippen LogP contribution in [0, 0.1) is 6.92 Å². The lowest BCUT2D eigenvalue weighted by Gasteiger charge is -2.12. The van der Waals surface area contributed by atoms with Crippen molar-refractivity contribution < 1.29 is 0 Å². The Balaban J connectivity index is 1.99. The zero-order chi connectivity index (χ0) is 13.4. The SMILES string of the molecule is Cc1ccc(CNC2CC2)c(-c2c(Br)nnn2C)c1. The van der Waals surface area contributed by atoms with Crippen molar-refractivity contribution in [3.8, 4) is 11.3 Å². The fourth-order valence-electron chi connectivity index (χ4n) is 2.22. The van der Waals surface area contributed by atoms with Crippen LogP contribution in [-0.2, 0) is 13.6 Å². The third kappa shape index (κ3) is 2.72. The monoisotopic (exact) mass is 320 g/mol. The Morgan fingerprint density at radius 1 is 1.42 bits per heavy atom. The quantitative estimate of drug-likeness (QED) is 0.942. The molecule has 100 valence electrons. The third-order valence-corrected chi connectivity index (χ3v) is 4.00. The molecular formula is C14H17BrN4. The van der Waals surface area contributed by atoms with Gasteiger partial charge in [0.15, 0.2) is 4.60 Å². The van der Waals surface area contributed by atoms with Gasteiger partial charge in [-0.25, -0.2) is 4.68 Å². The number of aryl methyl sites for hydroxylation is 2. The van der Waals surface area contributed by atoms with Crippen LogP contribution in [0.4, 0.5) is 0 Å². The van der Waals surface area contributed by atoms with Crippen molar-refractivity contribution in [3.05, 3.63) is 33.9 Å². The minimum absolute atomic E-state index is 0.710. The van der Waals surface area contributed by atoms with E-state index in [9.17, 15) is 0 Å². The summed E-state index contributed by atoms with van der Waals surface area (Å²) in [5, 5.41) is 11.7. The van der Waals surface area contributed by atoms with Crippen molar-refractivity contribution in [1.29, 1.82) is 0 Å². The number of hydrogen-bond acceptors (Lipinski definition) is 3. The molecule has 1 aliphatic rings. The van der Waals surface area contributed by atoms with E-state index in [1.54, 1.807) is 0 Å². The first kappa shape index (κ1) is 12.8. The number of halogens is 1. The Hall–Kier alpha value is -1.20. The van der Waals surface area contributed by atoms with E-state index in [1.807, 2.05) is 11.7 Å². The lowest BCUT2D eigenvalue weighted by molar-refractivity contribution is 0.685. The topological polar surface area (TPSA) is 42.7 Å². The zero-order valence-corrected chi connectivity index (χ0v) is 12.7. The summed E-state index contributed by atoms with van der Waals surface area (Å²) in [4.78, 5) is 0. The molecule has 1 saturated carbocycles. The largest absolute Gasteiger partial charge is 0.310 e. The second-order valence-electron chi connectivity index (χ2n) is 5.17. The average molecular weight is 321 g/mol. The number of nitrogens with zero attached hydrogens (tertiary/aromatic N) is 3. The maximum Gasteiger partial charge on any atom is 0.156 e. The highest BCUT2D eigenvalue weighted by molar-refractivity contribution is 9.10. The first-order valence-corrected chi connectivity index (χ1v) is 7.33. The van der Waals surface area contributed by atoms with Gasteiger partial charge in [0.1, 0.15) is 5.69 Å². The maximum atomic E-state index is 4.08. The zero-order valence-electron chi connectivity index (χ0n) is 11.2. The molecule has 1 aliphatic carbocycles. The van der Waals surface area contributed by atoms with Crippen LogP contribution in [0.5, 0.6) is 0 Å². The Bertz CT molecular complexity index is 582. The summed E-state index contributed by atoms with van der Waals surface area (Å²) in [6, 6.07) is 7.26. The Morgan fingerprint density at radius 2 is 2.21 bits per heavy atom. The van der Waals surface area contributed by atoms with E-state index in [0.717, 1.165) is 16.8 Å². The lowest BCUT2D eigenvalue weighted by Crippen LogP contribution is -2.16. The van der Waals surface area contributed by atoms with Crippen LogP contribution in [0.2, 0.25) is 0 Å². The number of hydrogen-bond donors (Lipinski definition) is 1. The molecule has 0 aliphatic heterocycles. The summed E-state index contributed by atoms with van der Waals surface area (Å²) in [7, 11) is 1.92. The van der Waals surface area contributed by atoms with E-state index in [1.165, 1.54) is 29.5 Å². The lowest BCUT2D eigenvalue weighted by atomic mass is 10.0. The van der Waals surface area contributed by atoms with Gasteiger partial charge in [0.05, 0.1) is 0 Å². The normalized spacial score (nSPS) is 14.9. The average Bonchev–Trinajstić information content (AvgIpc) is 3.14. The highest BCUT2D eigenvalue weighted by Crippen LogP contribution is 2.30. The van der Waals surface area contributed by atoms with E-state index in [2.05, 4.69) is 56.7 Å². The molecule has 5 heteroatoms. The second kappa shape index (κ2) is 5.06. The van der Waals surface area contributed by atoms with Crippen molar-refractivity contribution in [2.45, 2.75) is 32.4 Å². The van der Waals surface area contributed by atoms with Gasteiger partial charge in [-0.2, -0.15) is 0 Å². The van der Waals surface area contributed by atoms with E-state index >= 15 is 0 Å². The van der Waals surface area contributed by atoms with Gasteiger partial charge in [-0.1, -0.05) is 22.9 Å². The number of nitrogens with one attached hydrogen (secondary N) is 1. The van der Waals surface area contributed by atoms with Gasteiger partial charge in [-0.15, -0.1) is 5.10 Å². The molecule has 0 unspecified atom stereocenters. The molecule has 0 amide bonds. The predicted molar refractivity (Wildman–Crippen MR) is 78.7 cm³/mol. The van der Waals surface area contributed by atoms with E-state index in [4.69, 9.17) is 0 Å². The van der Waals surface area contributed by atoms with Crippen LogP contribution in [0.3, 0.4) is 0 Å². The Morgan fingerprint density at radius 3 is 2.84 bits per heavy atom. The molecule has 0 saturated heterocycles. The molecule has 4 nitrogen and oxygen atoms in total.